The van der Waals surface area contributed by atoms with Crippen molar-refractivity contribution in [1.82, 2.24) is 10.2 Å². The fourth-order valence-corrected chi connectivity index (χ4v) is 2.12. The second-order valence-corrected chi connectivity index (χ2v) is 7.12. The number of amides is 2. The first-order chi connectivity index (χ1) is 11.5. The predicted molar refractivity (Wildman–Crippen MR) is 90.8 cm³/mol. The summed E-state index contributed by atoms with van der Waals surface area (Å²) in [6.45, 7) is 4.77. The number of nitrogens with one attached hydrogen (secondary N) is 1. The van der Waals surface area contributed by atoms with E-state index in [9.17, 15) is 19.2 Å². The zero-order valence-corrected chi connectivity index (χ0v) is 15.1. The lowest BCUT2D eigenvalue weighted by Gasteiger charge is -2.25. The van der Waals surface area contributed by atoms with Crippen LogP contribution >= 0.6 is 0 Å². The first kappa shape index (κ1) is 22.8. The molecule has 0 aliphatic rings. The van der Waals surface area contributed by atoms with Crippen molar-refractivity contribution in [2.24, 2.45) is 11.1 Å². The first-order valence-electron chi connectivity index (χ1n) is 8.18. The van der Waals surface area contributed by atoms with Crippen molar-refractivity contribution in [3.63, 3.8) is 0 Å². The van der Waals surface area contributed by atoms with Gasteiger partial charge in [0.1, 0.15) is 19.1 Å². The molecule has 0 bridgehead atoms. The van der Waals surface area contributed by atoms with Crippen LogP contribution < -0.4 is 11.1 Å². The largest absolute Gasteiger partial charge is 0.480 e. The SMILES string of the molecule is CC(C)(C)CC(=O)N(CC(=O)O)CC(=O)N[C@H](CCCCN)C(=O)O. The Morgan fingerprint density at radius 3 is 2.12 bits per heavy atom. The van der Waals surface area contributed by atoms with Crippen molar-refractivity contribution in [1.29, 1.82) is 0 Å². The van der Waals surface area contributed by atoms with Crippen molar-refractivity contribution in [3.8, 4) is 0 Å². The molecular weight excluding hydrogens is 330 g/mol. The molecule has 0 aromatic rings. The van der Waals surface area contributed by atoms with Gasteiger partial charge in [0.15, 0.2) is 0 Å². The number of carboxylic acids is 2. The maximum atomic E-state index is 12.2. The molecule has 0 aliphatic carbocycles. The van der Waals surface area contributed by atoms with Crippen LogP contribution in [0.15, 0.2) is 0 Å². The highest BCUT2D eigenvalue weighted by Crippen LogP contribution is 2.19. The molecule has 9 heteroatoms. The lowest BCUT2D eigenvalue weighted by Crippen LogP contribution is -2.48. The van der Waals surface area contributed by atoms with Gasteiger partial charge in [0.2, 0.25) is 11.8 Å². The molecule has 0 aromatic heterocycles. The van der Waals surface area contributed by atoms with Crippen molar-refractivity contribution < 1.29 is 29.4 Å². The monoisotopic (exact) mass is 359 g/mol. The maximum absolute atomic E-state index is 12.2. The average Bonchev–Trinajstić information content (AvgIpc) is 2.43. The highest BCUT2D eigenvalue weighted by atomic mass is 16.4. The number of aliphatic carboxylic acids is 2. The summed E-state index contributed by atoms with van der Waals surface area (Å²) in [4.78, 5) is 47.3. The van der Waals surface area contributed by atoms with Crippen LogP contribution in [-0.4, -0.2) is 64.5 Å². The molecule has 0 aliphatic heterocycles. The zero-order valence-electron chi connectivity index (χ0n) is 15.1. The van der Waals surface area contributed by atoms with Gasteiger partial charge in [0.05, 0.1) is 0 Å². The third-order valence-electron chi connectivity index (χ3n) is 3.28. The quantitative estimate of drug-likeness (QED) is 0.380. The zero-order chi connectivity index (χ0) is 19.6. The number of nitrogens with zero attached hydrogens (tertiary/aromatic N) is 1. The van der Waals surface area contributed by atoms with Crippen LogP contribution in [0, 0.1) is 5.41 Å². The summed E-state index contributed by atoms with van der Waals surface area (Å²) in [5, 5.41) is 20.4. The topological polar surface area (TPSA) is 150 Å². The lowest BCUT2D eigenvalue weighted by molar-refractivity contribution is -0.147. The van der Waals surface area contributed by atoms with E-state index in [1.54, 1.807) is 0 Å². The molecule has 0 aromatic carbocycles. The number of hydrogen-bond donors (Lipinski definition) is 4. The molecule has 9 nitrogen and oxygen atoms in total. The van der Waals surface area contributed by atoms with Gasteiger partial charge in [-0.25, -0.2) is 4.79 Å². The Balaban J connectivity index is 4.85. The molecule has 0 unspecified atom stereocenters. The van der Waals surface area contributed by atoms with Gasteiger partial charge in [-0.05, 0) is 31.2 Å². The van der Waals surface area contributed by atoms with Crippen LogP contribution in [0.1, 0.15) is 46.5 Å². The summed E-state index contributed by atoms with van der Waals surface area (Å²) in [7, 11) is 0. The van der Waals surface area contributed by atoms with Gasteiger partial charge in [-0.1, -0.05) is 20.8 Å². The number of nitrogens with two attached hydrogens (primary N) is 1. The van der Waals surface area contributed by atoms with E-state index in [1.807, 2.05) is 20.8 Å². The van der Waals surface area contributed by atoms with Crippen LogP contribution in [0.5, 0.6) is 0 Å². The van der Waals surface area contributed by atoms with Gasteiger partial charge in [0.25, 0.3) is 0 Å². The minimum absolute atomic E-state index is 0.0758. The first-order valence-corrected chi connectivity index (χ1v) is 8.18. The van der Waals surface area contributed by atoms with Gasteiger partial charge >= 0.3 is 11.9 Å². The summed E-state index contributed by atoms with van der Waals surface area (Å²) in [5.74, 6) is -3.60. The molecule has 2 amide bonds. The van der Waals surface area contributed by atoms with Crippen molar-refractivity contribution in [2.75, 3.05) is 19.6 Å². The minimum atomic E-state index is -1.24. The Hall–Kier alpha value is -2.16. The molecule has 144 valence electrons. The number of carboxylic acid groups (broad SMARTS) is 2. The number of hydrogen-bond acceptors (Lipinski definition) is 5. The number of unbranched alkanes of at least 4 members (excludes halogenated alkanes) is 1. The van der Waals surface area contributed by atoms with Crippen LogP contribution in [0.4, 0.5) is 0 Å². The number of carbonyl (C=O) groups excluding carboxylic acids is 2. The van der Waals surface area contributed by atoms with Crippen LogP contribution in [-0.2, 0) is 19.2 Å². The third-order valence-corrected chi connectivity index (χ3v) is 3.28. The maximum Gasteiger partial charge on any atom is 0.326 e. The van der Waals surface area contributed by atoms with E-state index in [0.29, 0.717) is 19.4 Å². The summed E-state index contributed by atoms with van der Waals surface area (Å²) < 4.78 is 0. The Bertz CT molecular complexity index is 487. The molecule has 0 saturated carbocycles. The smallest absolute Gasteiger partial charge is 0.326 e. The molecule has 0 saturated heterocycles. The molecule has 0 radical (unpaired) electrons. The molecule has 0 spiro atoms. The van der Waals surface area contributed by atoms with Crippen LogP contribution in [0.2, 0.25) is 0 Å². The van der Waals surface area contributed by atoms with E-state index < -0.39 is 42.9 Å². The third kappa shape index (κ3) is 11.1. The number of carbonyl (C=O) groups is 4. The normalized spacial score (nSPS) is 12.3. The number of rotatable bonds is 11. The van der Waals surface area contributed by atoms with E-state index >= 15 is 0 Å². The van der Waals surface area contributed by atoms with E-state index in [0.717, 1.165) is 4.90 Å². The second-order valence-electron chi connectivity index (χ2n) is 7.12. The Kier molecular flexibility index (Phi) is 9.73. The van der Waals surface area contributed by atoms with E-state index in [1.165, 1.54) is 0 Å². The molecule has 0 heterocycles. The fourth-order valence-electron chi connectivity index (χ4n) is 2.12. The fraction of sp³-hybridized carbons (Fsp3) is 0.750. The highest BCUT2D eigenvalue weighted by Gasteiger charge is 2.26. The highest BCUT2D eigenvalue weighted by molar-refractivity contribution is 5.89. The van der Waals surface area contributed by atoms with Crippen LogP contribution in [0.25, 0.3) is 0 Å². The molecule has 0 fully saturated rings. The van der Waals surface area contributed by atoms with Crippen LogP contribution in [0.3, 0.4) is 0 Å². The average molecular weight is 359 g/mol. The molecule has 1 atom stereocenters. The Labute approximate surface area is 147 Å². The Morgan fingerprint density at radius 1 is 1.08 bits per heavy atom. The van der Waals surface area contributed by atoms with E-state index in [-0.39, 0.29) is 18.3 Å². The standard InChI is InChI=1S/C16H29N3O6/c1-16(2,3)8-13(21)19(10-14(22)23)9-12(20)18-11(15(24)25)6-4-5-7-17/h11H,4-10,17H2,1-3H3,(H,18,20)(H,22,23)(H,24,25)/t11-/m1/s1. The summed E-state index contributed by atoms with van der Waals surface area (Å²) in [6.07, 6.45) is 1.46. The summed E-state index contributed by atoms with van der Waals surface area (Å²) >= 11 is 0. The van der Waals surface area contributed by atoms with E-state index in [2.05, 4.69) is 5.32 Å². The minimum Gasteiger partial charge on any atom is -0.480 e. The second kappa shape index (κ2) is 10.7. The molecule has 25 heavy (non-hydrogen) atoms. The van der Waals surface area contributed by atoms with Gasteiger partial charge in [-0.2, -0.15) is 0 Å². The van der Waals surface area contributed by atoms with Gasteiger partial charge in [-0.15, -0.1) is 0 Å². The summed E-state index contributed by atoms with van der Waals surface area (Å²) in [6, 6.07) is -1.09. The lowest BCUT2D eigenvalue weighted by atomic mass is 9.91. The van der Waals surface area contributed by atoms with Crippen molar-refractivity contribution >= 4 is 23.8 Å². The van der Waals surface area contributed by atoms with E-state index in [4.69, 9.17) is 15.9 Å². The molecule has 0 rings (SSSR count). The van der Waals surface area contributed by atoms with Gasteiger partial charge < -0.3 is 26.2 Å². The molecular formula is C16H29N3O6. The summed E-state index contributed by atoms with van der Waals surface area (Å²) in [5.41, 5.74) is 4.99. The van der Waals surface area contributed by atoms with Crippen molar-refractivity contribution in [2.45, 2.75) is 52.5 Å². The van der Waals surface area contributed by atoms with Crippen molar-refractivity contribution in [3.05, 3.63) is 0 Å². The molecule has 5 N–H and O–H groups in total. The Morgan fingerprint density at radius 2 is 1.68 bits per heavy atom. The van der Waals surface area contributed by atoms with Gasteiger partial charge in [0, 0.05) is 6.42 Å². The predicted octanol–water partition coefficient (Wildman–Crippen LogP) is 0.0342. The van der Waals surface area contributed by atoms with Gasteiger partial charge in [-0.3, -0.25) is 14.4 Å².